The molecule has 14 nitrogen and oxygen atoms in total. The molecule has 0 bridgehead atoms. The van der Waals surface area contributed by atoms with E-state index in [-0.39, 0.29) is 18.9 Å². The number of carbonyl (C=O) groups excluding carboxylic acids is 1. The van der Waals surface area contributed by atoms with E-state index in [1.54, 1.807) is 6.08 Å². The molecule has 0 spiro atoms. The van der Waals surface area contributed by atoms with Gasteiger partial charge < -0.3 is 65.1 Å². The molecule has 2 saturated heterocycles. The highest BCUT2D eigenvalue weighted by atomic mass is 16.7. The monoisotopic (exact) mass is 1180 g/mol. The Morgan fingerprint density at radius 1 is 0.434 bits per heavy atom. The first-order valence-electron chi connectivity index (χ1n) is 34.0. The summed E-state index contributed by atoms with van der Waals surface area (Å²) < 4.78 is 22.7. The topological polar surface area (TPSA) is 228 Å². The Kier molecular flexibility index (Phi) is 49.9. The molecule has 484 valence electrons. The van der Waals surface area contributed by atoms with Crippen molar-refractivity contribution >= 4 is 5.91 Å². The van der Waals surface area contributed by atoms with Crippen molar-refractivity contribution in [1.82, 2.24) is 5.32 Å². The Bertz CT molecular complexity index is 1620. The SMILES string of the molecule is CCCC/C=C/CC/C=C/C(O)C(COC1OC(CO)C(OC2OC(CO)C(O)C(O)C2O)C(O)C1O)NC(=O)CCCCCCCCCCCCCCCCCCCCCCCCCCCC/C=C\C/C=C\C/C=C\CCCCCCC. The van der Waals surface area contributed by atoms with Gasteiger partial charge in [-0.3, -0.25) is 4.79 Å². The second-order valence-corrected chi connectivity index (χ2v) is 23.9. The normalized spacial score (nSPS) is 24.2. The predicted octanol–water partition coefficient (Wildman–Crippen LogP) is 13.3. The average molecular weight is 1180 g/mol. The molecule has 83 heavy (non-hydrogen) atoms. The van der Waals surface area contributed by atoms with Crippen molar-refractivity contribution in [2.45, 2.75) is 351 Å². The second kappa shape index (κ2) is 53.9. The van der Waals surface area contributed by atoms with Gasteiger partial charge >= 0.3 is 0 Å². The van der Waals surface area contributed by atoms with Crippen LogP contribution in [-0.2, 0) is 23.7 Å². The molecule has 2 aliphatic heterocycles. The van der Waals surface area contributed by atoms with Crippen LogP contribution in [0.25, 0.3) is 0 Å². The van der Waals surface area contributed by atoms with E-state index in [2.05, 4.69) is 67.8 Å². The first kappa shape index (κ1) is 76.8. The quantitative estimate of drug-likeness (QED) is 0.0204. The van der Waals surface area contributed by atoms with Crippen molar-refractivity contribution < 1.29 is 64.6 Å². The van der Waals surface area contributed by atoms with Crippen LogP contribution < -0.4 is 5.32 Å². The molecule has 2 rings (SSSR count). The van der Waals surface area contributed by atoms with Crippen LogP contribution in [0.15, 0.2) is 60.8 Å². The Morgan fingerprint density at radius 2 is 0.819 bits per heavy atom. The Hall–Kier alpha value is -2.31. The Labute approximate surface area is 505 Å². The molecular weight excluding hydrogens is 1050 g/mol. The maximum atomic E-state index is 13.2. The van der Waals surface area contributed by atoms with Crippen molar-refractivity contribution in [3.8, 4) is 0 Å². The van der Waals surface area contributed by atoms with Gasteiger partial charge in [0.2, 0.25) is 5.91 Å². The summed E-state index contributed by atoms with van der Waals surface area (Å²) in [6, 6.07) is -0.928. The number of aliphatic hydroxyl groups excluding tert-OH is 8. The van der Waals surface area contributed by atoms with Gasteiger partial charge in [-0.15, -0.1) is 0 Å². The lowest BCUT2D eigenvalue weighted by molar-refractivity contribution is -0.359. The molecule has 0 aliphatic carbocycles. The molecule has 2 fully saturated rings. The highest BCUT2D eigenvalue weighted by molar-refractivity contribution is 5.76. The fourth-order valence-corrected chi connectivity index (χ4v) is 10.9. The second-order valence-electron chi connectivity index (χ2n) is 23.9. The molecule has 12 unspecified atom stereocenters. The number of nitrogens with one attached hydrogen (secondary N) is 1. The summed E-state index contributed by atoms with van der Waals surface area (Å²) in [5, 5.41) is 86.8. The van der Waals surface area contributed by atoms with Crippen molar-refractivity contribution in [3.63, 3.8) is 0 Å². The van der Waals surface area contributed by atoms with Gasteiger partial charge in [0.1, 0.15) is 48.8 Å². The van der Waals surface area contributed by atoms with Gasteiger partial charge in [-0.05, 0) is 64.2 Å². The number of rotatable bonds is 55. The molecule has 0 aromatic carbocycles. The summed E-state index contributed by atoms with van der Waals surface area (Å²) in [5.41, 5.74) is 0. The number of aliphatic hydroxyl groups is 8. The molecule has 12 atom stereocenters. The Balaban J connectivity index is 1.49. The lowest BCUT2D eigenvalue weighted by Gasteiger charge is -2.46. The number of hydrogen-bond acceptors (Lipinski definition) is 13. The number of amides is 1. The van der Waals surface area contributed by atoms with Crippen molar-refractivity contribution in [2.24, 2.45) is 0 Å². The molecular formula is C69H125NO13. The summed E-state index contributed by atoms with van der Waals surface area (Å²) in [4.78, 5) is 13.2. The lowest BCUT2D eigenvalue weighted by atomic mass is 9.97. The molecule has 0 aromatic rings. The smallest absolute Gasteiger partial charge is 0.220 e. The van der Waals surface area contributed by atoms with E-state index in [0.29, 0.717) is 12.8 Å². The Morgan fingerprint density at radius 3 is 1.30 bits per heavy atom. The molecule has 1 amide bonds. The minimum absolute atomic E-state index is 0.250. The van der Waals surface area contributed by atoms with E-state index < -0.39 is 86.8 Å². The van der Waals surface area contributed by atoms with E-state index in [9.17, 15) is 45.6 Å². The van der Waals surface area contributed by atoms with Crippen LogP contribution in [0.5, 0.6) is 0 Å². The predicted molar refractivity (Wildman–Crippen MR) is 337 cm³/mol. The van der Waals surface area contributed by atoms with Crippen molar-refractivity contribution in [2.75, 3.05) is 19.8 Å². The lowest BCUT2D eigenvalue weighted by Crippen LogP contribution is -2.65. The average Bonchev–Trinajstić information content (AvgIpc) is 3.52. The molecule has 2 aliphatic rings. The van der Waals surface area contributed by atoms with Gasteiger partial charge in [0.25, 0.3) is 0 Å². The van der Waals surface area contributed by atoms with Crippen molar-refractivity contribution in [1.29, 1.82) is 0 Å². The summed E-state index contributed by atoms with van der Waals surface area (Å²) in [7, 11) is 0. The number of ether oxygens (including phenoxy) is 4. The number of carbonyl (C=O) groups is 1. The molecule has 14 heteroatoms. The van der Waals surface area contributed by atoms with Gasteiger partial charge in [0.05, 0.1) is 32.0 Å². The van der Waals surface area contributed by atoms with Gasteiger partial charge in [-0.2, -0.15) is 0 Å². The summed E-state index contributed by atoms with van der Waals surface area (Å²) >= 11 is 0. The minimum atomic E-state index is -1.79. The van der Waals surface area contributed by atoms with Gasteiger partial charge in [0, 0.05) is 6.42 Å². The standard InChI is InChI=1S/C69H125NO13/c1-3-5-7-9-11-13-14-15-16-17-18-19-20-21-22-23-24-25-26-27-28-29-30-31-32-33-34-35-36-37-38-39-40-41-42-43-44-45-47-49-51-53-61(74)70-57(58(73)52-50-48-46-12-10-8-6-4-2)56-80-68-66(79)64(77)67(60(55-72)82-68)83-69-65(78)63(76)62(75)59(54-71)81-69/h10,12,14-15,17-18,20-21,50,52,57-60,62-69,71-73,75-79H,3-9,11,13,16,19,22-49,51,53-56H2,1-2H3,(H,70,74)/b12-10+,15-14-,18-17-,21-20-,52-50+. The third-order valence-electron chi connectivity index (χ3n) is 16.4. The van der Waals surface area contributed by atoms with E-state index >= 15 is 0 Å². The van der Waals surface area contributed by atoms with Crippen LogP contribution in [0.1, 0.15) is 277 Å². The van der Waals surface area contributed by atoms with E-state index in [0.717, 1.165) is 57.8 Å². The van der Waals surface area contributed by atoms with E-state index in [1.807, 2.05) is 6.08 Å². The molecule has 0 saturated carbocycles. The van der Waals surface area contributed by atoms with Crippen LogP contribution >= 0.6 is 0 Å². The fourth-order valence-electron chi connectivity index (χ4n) is 10.9. The van der Waals surface area contributed by atoms with Crippen LogP contribution in [0.2, 0.25) is 0 Å². The minimum Gasteiger partial charge on any atom is -0.394 e. The highest BCUT2D eigenvalue weighted by Gasteiger charge is 2.51. The zero-order valence-corrected chi connectivity index (χ0v) is 52.4. The molecule has 2 heterocycles. The largest absolute Gasteiger partial charge is 0.394 e. The number of allylic oxidation sites excluding steroid dienone is 9. The summed E-state index contributed by atoms with van der Waals surface area (Å²) in [6.45, 7) is 2.69. The summed E-state index contributed by atoms with van der Waals surface area (Å²) in [6.07, 6.45) is 55.0. The molecule has 9 N–H and O–H groups in total. The zero-order chi connectivity index (χ0) is 60.2. The number of hydrogen-bond donors (Lipinski definition) is 9. The van der Waals surface area contributed by atoms with Crippen LogP contribution in [0.3, 0.4) is 0 Å². The van der Waals surface area contributed by atoms with E-state index in [1.165, 1.54) is 186 Å². The maximum Gasteiger partial charge on any atom is 0.220 e. The van der Waals surface area contributed by atoms with Crippen LogP contribution in [-0.4, -0.2) is 140 Å². The van der Waals surface area contributed by atoms with Crippen molar-refractivity contribution in [3.05, 3.63) is 60.8 Å². The summed E-state index contributed by atoms with van der Waals surface area (Å²) in [5.74, 6) is -0.250. The first-order valence-corrected chi connectivity index (χ1v) is 34.0. The van der Waals surface area contributed by atoms with Gasteiger partial charge in [0.15, 0.2) is 12.6 Å². The van der Waals surface area contributed by atoms with Gasteiger partial charge in [-0.1, -0.05) is 267 Å². The first-order chi connectivity index (χ1) is 40.6. The van der Waals surface area contributed by atoms with E-state index in [4.69, 9.17) is 18.9 Å². The van der Waals surface area contributed by atoms with Crippen LogP contribution in [0, 0.1) is 0 Å². The third kappa shape index (κ3) is 38.6. The van der Waals surface area contributed by atoms with Crippen LogP contribution in [0.4, 0.5) is 0 Å². The zero-order valence-electron chi connectivity index (χ0n) is 52.4. The third-order valence-corrected chi connectivity index (χ3v) is 16.4. The highest BCUT2D eigenvalue weighted by Crippen LogP contribution is 2.30. The number of unbranched alkanes of at least 4 members (excludes halogenated alkanes) is 34. The molecule has 0 radical (unpaired) electrons. The molecule has 0 aromatic heterocycles. The maximum absolute atomic E-state index is 13.2. The van der Waals surface area contributed by atoms with Gasteiger partial charge in [-0.25, -0.2) is 0 Å². The fraction of sp³-hybridized carbons (Fsp3) is 0.841.